The molecule has 0 radical (unpaired) electrons. The maximum atomic E-state index is 12.5. The molecular weight excluding hydrogens is 452 g/mol. The van der Waals surface area contributed by atoms with E-state index in [0.29, 0.717) is 12.1 Å². The van der Waals surface area contributed by atoms with Crippen molar-refractivity contribution in [2.24, 2.45) is 5.10 Å². The molecule has 0 spiro atoms. The van der Waals surface area contributed by atoms with Crippen LogP contribution >= 0.6 is 0 Å². The first-order chi connectivity index (χ1) is 17.7. The van der Waals surface area contributed by atoms with E-state index < -0.39 is 0 Å². The average molecular weight is 485 g/mol. The molecule has 1 aliphatic carbocycles. The van der Waals surface area contributed by atoms with Gasteiger partial charge in [-0.2, -0.15) is 5.10 Å². The second kappa shape index (κ2) is 11.2. The zero-order valence-electron chi connectivity index (χ0n) is 20.7. The first-order valence-electron chi connectivity index (χ1n) is 12.7. The summed E-state index contributed by atoms with van der Waals surface area (Å²) in [6.07, 6.45) is 10.1. The van der Waals surface area contributed by atoms with Crippen molar-refractivity contribution in [3.8, 4) is 11.5 Å². The molecule has 36 heavy (non-hydrogen) atoms. The van der Waals surface area contributed by atoms with Crippen LogP contribution in [0, 0.1) is 0 Å². The molecule has 186 valence electrons. The number of carbonyl (C=O) groups excluding carboxylic acids is 1. The van der Waals surface area contributed by atoms with E-state index in [-0.39, 0.29) is 12.0 Å². The summed E-state index contributed by atoms with van der Waals surface area (Å²) < 4.78 is 11.9. The number of pyridine rings is 1. The Morgan fingerprint density at radius 1 is 1.06 bits per heavy atom. The lowest BCUT2D eigenvalue weighted by atomic mass is 10.0. The zero-order valence-corrected chi connectivity index (χ0v) is 20.7. The van der Waals surface area contributed by atoms with Crippen LogP contribution in [-0.4, -0.2) is 41.4 Å². The normalized spacial score (nSPS) is 15.9. The largest absolute Gasteiger partial charge is 0.493 e. The van der Waals surface area contributed by atoms with E-state index in [9.17, 15) is 4.79 Å². The Balaban J connectivity index is 1.28. The number of anilines is 1. The Hall–Kier alpha value is -3.87. The van der Waals surface area contributed by atoms with Crippen molar-refractivity contribution in [2.75, 3.05) is 19.0 Å². The van der Waals surface area contributed by atoms with Crippen LogP contribution < -0.4 is 14.8 Å². The average Bonchev–Trinajstić information content (AvgIpc) is 3.43. The van der Waals surface area contributed by atoms with Gasteiger partial charge in [0.25, 0.3) is 5.91 Å². The fraction of sp³-hybridized carbons (Fsp3) is 0.345. The molecule has 1 aromatic heterocycles. The monoisotopic (exact) mass is 484 g/mol. The molecule has 1 N–H and O–H groups in total. The van der Waals surface area contributed by atoms with Gasteiger partial charge in [0, 0.05) is 30.2 Å². The molecule has 1 saturated carbocycles. The van der Waals surface area contributed by atoms with Gasteiger partial charge in [0.15, 0.2) is 11.5 Å². The van der Waals surface area contributed by atoms with Crippen molar-refractivity contribution in [3.05, 3.63) is 83.7 Å². The summed E-state index contributed by atoms with van der Waals surface area (Å²) in [5.41, 5.74) is 4.51. The number of carbonyl (C=O) groups is 1. The summed E-state index contributed by atoms with van der Waals surface area (Å²) in [7, 11) is 1.68. The summed E-state index contributed by atoms with van der Waals surface area (Å²) in [4.78, 5) is 16.5. The standard InChI is InChI=1S/C29H32N4O3/c1-35-27-14-13-22(18-28(27)36-25-10-2-3-11-25)26-12-6-16-33(32-26)20-21-7-4-9-24(17-21)31-29(34)23-8-5-15-30-19-23/h4-5,7-9,13-15,17-19,25H,2-3,6,10-12,16,20H2,1H3,(H,31,34). The summed E-state index contributed by atoms with van der Waals surface area (Å²) in [5.74, 6) is 1.40. The van der Waals surface area contributed by atoms with E-state index in [2.05, 4.69) is 33.5 Å². The van der Waals surface area contributed by atoms with Crippen molar-refractivity contribution in [2.45, 2.75) is 51.2 Å². The Labute approximate surface area is 212 Å². The minimum atomic E-state index is -0.173. The molecule has 7 nitrogen and oxygen atoms in total. The third-order valence-corrected chi connectivity index (χ3v) is 6.66. The van der Waals surface area contributed by atoms with Gasteiger partial charge in [-0.25, -0.2) is 0 Å². The zero-order chi connectivity index (χ0) is 24.7. The molecule has 0 unspecified atom stereocenters. The van der Waals surface area contributed by atoms with Gasteiger partial charge in [-0.05, 0) is 86.6 Å². The summed E-state index contributed by atoms with van der Waals surface area (Å²) in [5, 5.41) is 10.0. The Morgan fingerprint density at radius 3 is 2.75 bits per heavy atom. The second-order valence-corrected chi connectivity index (χ2v) is 9.32. The van der Waals surface area contributed by atoms with Crippen LogP contribution in [0.1, 0.15) is 60.0 Å². The van der Waals surface area contributed by atoms with E-state index >= 15 is 0 Å². The molecule has 1 amide bonds. The SMILES string of the molecule is COc1ccc(C2=NN(Cc3cccc(NC(=O)c4cccnc4)c3)CCC2)cc1OC1CCCC1. The minimum Gasteiger partial charge on any atom is -0.493 e. The molecule has 2 heterocycles. The van der Waals surface area contributed by atoms with Crippen LogP contribution in [0.15, 0.2) is 72.1 Å². The van der Waals surface area contributed by atoms with Gasteiger partial charge in [-0.15, -0.1) is 0 Å². The number of ether oxygens (including phenoxy) is 2. The van der Waals surface area contributed by atoms with Gasteiger partial charge in [0.1, 0.15) is 0 Å². The Kier molecular flexibility index (Phi) is 7.45. The number of hydrogen-bond donors (Lipinski definition) is 1. The molecule has 3 aromatic rings. The van der Waals surface area contributed by atoms with Gasteiger partial charge in [0.2, 0.25) is 0 Å². The number of aromatic nitrogens is 1. The highest BCUT2D eigenvalue weighted by Gasteiger charge is 2.21. The highest BCUT2D eigenvalue weighted by Crippen LogP contribution is 2.33. The third-order valence-electron chi connectivity index (χ3n) is 6.66. The number of nitrogens with one attached hydrogen (secondary N) is 1. The van der Waals surface area contributed by atoms with Crippen molar-refractivity contribution in [3.63, 3.8) is 0 Å². The lowest BCUT2D eigenvalue weighted by molar-refractivity contribution is 0.102. The van der Waals surface area contributed by atoms with Crippen LogP contribution in [0.5, 0.6) is 11.5 Å². The fourth-order valence-electron chi connectivity index (χ4n) is 4.81. The predicted molar refractivity (Wildman–Crippen MR) is 141 cm³/mol. The Morgan fingerprint density at radius 2 is 1.94 bits per heavy atom. The van der Waals surface area contributed by atoms with Crippen molar-refractivity contribution in [1.29, 1.82) is 0 Å². The van der Waals surface area contributed by atoms with Crippen LogP contribution in [0.25, 0.3) is 0 Å². The number of nitrogens with zero attached hydrogens (tertiary/aromatic N) is 3. The van der Waals surface area contributed by atoms with Gasteiger partial charge >= 0.3 is 0 Å². The molecule has 2 aromatic carbocycles. The molecule has 5 rings (SSSR count). The molecule has 7 heteroatoms. The van der Waals surface area contributed by atoms with Crippen LogP contribution in [0.4, 0.5) is 5.69 Å². The van der Waals surface area contributed by atoms with E-state index in [1.54, 1.807) is 31.6 Å². The number of benzene rings is 2. The molecule has 1 fully saturated rings. The van der Waals surface area contributed by atoms with E-state index in [1.165, 1.54) is 12.8 Å². The summed E-state index contributed by atoms with van der Waals surface area (Å²) in [6, 6.07) is 17.5. The number of amides is 1. The summed E-state index contributed by atoms with van der Waals surface area (Å²) in [6.45, 7) is 1.55. The second-order valence-electron chi connectivity index (χ2n) is 9.32. The number of rotatable bonds is 8. The maximum absolute atomic E-state index is 12.5. The maximum Gasteiger partial charge on any atom is 0.257 e. The topological polar surface area (TPSA) is 76.0 Å². The van der Waals surface area contributed by atoms with Crippen LogP contribution in [-0.2, 0) is 6.54 Å². The molecule has 0 saturated heterocycles. The van der Waals surface area contributed by atoms with Crippen molar-refractivity contribution in [1.82, 2.24) is 9.99 Å². The van der Waals surface area contributed by atoms with Crippen molar-refractivity contribution < 1.29 is 14.3 Å². The van der Waals surface area contributed by atoms with Crippen molar-refractivity contribution >= 4 is 17.3 Å². The molecule has 0 bridgehead atoms. The summed E-state index contributed by atoms with van der Waals surface area (Å²) >= 11 is 0. The van der Waals surface area contributed by atoms with Crippen LogP contribution in [0.2, 0.25) is 0 Å². The quantitative estimate of drug-likeness (QED) is 0.446. The Bertz CT molecular complexity index is 1220. The third kappa shape index (κ3) is 5.85. The first-order valence-corrected chi connectivity index (χ1v) is 12.7. The smallest absolute Gasteiger partial charge is 0.257 e. The van der Waals surface area contributed by atoms with E-state index in [1.807, 2.05) is 24.3 Å². The molecular formula is C29H32N4O3. The molecule has 0 atom stereocenters. The number of hydrogen-bond acceptors (Lipinski definition) is 6. The number of methoxy groups -OCH3 is 1. The highest BCUT2D eigenvalue weighted by atomic mass is 16.5. The van der Waals surface area contributed by atoms with Gasteiger partial charge in [-0.1, -0.05) is 12.1 Å². The van der Waals surface area contributed by atoms with E-state index in [4.69, 9.17) is 14.6 Å². The predicted octanol–water partition coefficient (Wildman–Crippen LogP) is 5.66. The fourth-order valence-corrected chi connectivity index (χ4v) is 4.81. The lowest BCUT2D eigenvalue weighted by Crippen LogP contribution is -2.26. The highest BCUT2D eigenvalue weighted by molar-refractivity contribution is 6.04. The molecule has 2 aliphatic rings. The lowest BCUT2D eigenvalue weighted by Gasteiger charge is -2.26. The van der Waals surface area contributed by atoms with Crippen LogP contribution in [0.3, 0.4) is 0 Å². The van der Waals surface area contributed by atoms with E-state index in [0.717, 1.165) is 66.3 Å². The van der Waals surface area contributed by atoms with Gasteiger partial charge in [0.05, 0.1) is 31.0 Å². The van der Waals surface area contributed by atoms with Gasteiger partial charge in [-0.3, -0.25) is 14.8 Å². The number of hydrazone groups is 1. The molecule has 1 aliphatic heterocycles. The first kappa shape index (κ1) is 23.9. The van der Waals surface area contributed by atoms with Gasteiger partial charge < -0.3 is 14.8 Å². The minimum absolute atomic E-state index is 0.173.